The summed E-state index contributed by atoms with van der Waals surface area (Å²) in [7, 11) is 1.57. The first-order valence-corrected chi connectivity index (χ1v) is 15.9. The Kier molecular flexibility index (Phi) is 8.50. The minimum absolute atomic E-state index is 0.00124. The molecule has 1 heterocycles. The summed E-state index contributed by atoms with van der Waals surface area (Å²) < 4.78 is 12.7. The predicted octanol–water partition coefficient (Wildman–Crippen LogP) is 7.88. The topological polar surface area (TPSA) is 99.0 Å². The number of carbonyl (C=O) groups is 2. The van der Waals surface area contributed by atoms with Gasteiger partial charge in [-0.3, -0.25) is 19.7 Å². The molecule has 0 N–H and O–H groups in total. The number of carbonyl (C=O) groups excluding carboxylic acids is 2. The van der Waals surface area contributed by atoms with Crippen LogP contribution in [0.5, 0.6) is 11.5 Å². The van der Waals surface area contributed by atoms with Crippen molar-refractivity contribution in [2.24, 2.45) is 10.8 Å². The lowest BCUT2D eigenvalue weighted by atomic mass is 9.63. The monoisotopic (exact) mass is 698 g/mol. The first kappa shape index (κ1) is 31.2. The van der Waals surface area contributed by atoms with Crippen LogP contribution in [0.3, 0.4) is 0 Å². The highest BCUT2D eigenvalue weighted by Crippen LogP contribution is 2.55. The summed E-state index contributed by atoms with van der Waals surface area (Å²) >= 11 is 2.20. The maximum atomic E-state index is 14.0. The van der Waals surface area contributed by atoms with Gasteiger partial charge in [-0.25, -0.2) is 0 Å². The first-order valence-electron chi connectivity index (χ1n) is 14.8. The molecular weight excluding hydrogens is 659 g/mol. The zero-order valence-corrected chi connectivity index (χ0v) is 27.9. The maximum Gasteiger partial charge on any atom is 0.269 e. The van der Waals surface area contributed by atoms with Crippen LogP contribution < -0.4 is 9.47 Å². The fourth-order valence-electron chi connectivity index (χ4n) is 6.84. The molecule has 5 rings (SSSR count). The Balaban J connectivity index is 1.63. The Bertz CT molecular complexity index is 1520. The summed E-state index contributed by atoms with van der Waals surface area (Å²) in [6.45, 7) is 11.6. The molecule has 0 saturated heterocycles. The fraction of sp³-hybridized carbons (Fsp3) is 0.471. The minimum Gasteiger partial charge on any atom is -0.493 e. The standard InChI is InChI=1S/C34H39IN2O6/c1-7-11-36-24-15-33(2,3)17-26(38)30(24)29(31-25(36)16-34(4,5)18-27(31)39)21-13-23(35)32(28(14-21)42-6)43-19-20-9-8-10-22(12-20)37(40)41/h8-10,12-14,29H,7,11,15-19H2,1-6H3. The molecule has 0 amide bonds. The average Bonchev–Trinajstić information content (AvgIpc) is 2.91. The number of rotatable bonds is 8. The Morgan fingerprint density at radius 1 is 0.977 bits per heavy atom. The molecule has 0 unspecified atom stereocenters. The molecule has 0 atom stereocenters. The number of nitro groups is 1. The highest BCUT2D eigenvalue weighted by molar-refractivity contribution is 14.1. The lowest BCUT2D eigenvalue weighted by Crippen LogP contribution is -2.44. The van der Waals surface area contributed by atoms with E-state index in [4.69, 9.17) is 9.47 Å². The van der Waals surface area contributed by atoms with Crippen LogP contribution in [0, 0.1) is 24.5 Å². The van der Waals surface area contributed by atoms with Gasteiger partial charge in [0.15, 0.2) is 23.1 Å². The molecule has 43 heavy (non-hydrogen) atoms. The van der Waals surface area contributed by atoms with Crippen molar-refractivity contribution in [3.05, 3.63) is 83.7 Å². The Morgan fingerprint density at radius 3 is 2.12 bits per heavy atom. The van der Waals surface area contributed by atoms with Crippen LogP contribution >= 0.6 is 22.6 Å². The Morgan fingerprint density at radius 2 is 1.58 bits per heavy atom. The van der Waals surface area contributed by atoms with Crippen molar-refractivity contribution >= 4 is 39.8 Å². The lowest BCUT2D eigenvalue weighted by molar-refractivity contribution is -0.384. The number of halogens is 1. The molecule has 2 aliphatic carbocycles. The van der Waals surface area contributed by atoms with Gasteiger partial charge in [-0.05, 0) is 75.9 Å². The molecular formula is C34H39IN2O6. The van der Waals surface area contributed by atoms with Crippen LogP contribution in [0.1, 0.15) is 83.8 Å². The number of allylic oxidation sites excluding steroid dienone is 4. The highest BCUT2D eigenvalue weighted by atomic mass is 127. The molecule has 9 heteroatoms. The van der Waals surface area contributed by atoms with Crippen molar-refractivity contribution in [3.8, 4) is 11.5 Å². The quantitative estimate of drug-likeness (QED) is 0.157. The third kappa shape index (κ3) is 6.10. The number of benzene rings is 2. The summed E-state index contributed by atoms with van der Waals surface area (Å²) in [6, 6.07) is 10.2. The molecule has 2 aromatic carbocycles. The van der Waals surface area contributed by atoms with Crippen molar-refractivity contribution in [1.82, 2.24) is 4.90 Å². The molecule has 228 valence electrons. The number of ketones is 2. The highest BCUT2D eigenvalue weighted by Gasteiger charge is 2.49. The van der Waals surface area contributed by atoms with Crippen molar-refractivity contribution in [2.45, 2.75) is 79.2 Å². The number of nitrogens with zero attached hydrogens (tertiary/aromatic N) is 2. The third-order valence-corrected chi connectivity index (χ3v) is 9.36. The number of nitro benzene ring substituents is 1. The van der Waals surface area contributed by atoms with Crippen molar-refractivity contribution in [1.29, 1.82) is 0 Å². The van der Waals surface area contributed by atoms with E-state index in [-0.39, 0.29) is 34.7 Å². The van der Waals surface area contributed by atoms with E-state index < -0.39 is 10.8 Å². The van der Waals surface area contributed by atoms with Gasteiger partial charge in [0.2, 0.25) is 0 Å². The second-order valence-electron chi connectivity index (χ2n) is 13.4. The fourth-order valence-corrected chi connectivity index (χ4v) is 7.62. The normalized spacial score (nSPS) is 19.7. The minimum atomic E-state index is -0.474. The zero-order valence-electron chi connectivity index (χ0n) is 25.7. The van der Waals surface area contributed by atoms with Crippen molar-refractivity contribution < 1.29 is 24.0 Å². The summed E-state index contributed by atoms with van der Waals surface area (Å²) in [5, 5.41) is 11.2. The first-order chi connectivity index (χ1) is 20.2. The maximum absolute atomic E-state index is 14.0. The summed E-state index contributed by atoms with van der Waals surface area (Å²) in [5.74, 6) is 0.721. The molecule has 0 saturated carbocycles. The Hall–Kier alpha value is -3.21. The van der Waals surface area contributed by atoms with E-state index in [0.29, 0.717) is 29.9 Å². The van der Waals surface area contributed by atoms with E-state index in [1.54, 1.807) is 19.2 Å². The van der Waals surface area contributed by atoms with Gasteiger partial charge < -0.3 is 14.4 Å². The van der Waals surface area contributed by atoms with Crippen LogP contribution in [-0.4, -0.2) is 35.0 Å². The van der Waals surface area contributed by atoms with Crippen LogP contribution in [0.4, 0.5) is 5.69 Å². The largest absolute Gasteiger partial charge is 0.493 e. The van der Waals surface area contributed by atoms with Crippen LogP contribution in [0.15, 0.2) is 58.9 Å². The van der Waals surface area contributed by atoms with Gasteiger partial charge in [0.05, 0.1) is 15.6 Å². The molecule has 2 aromatic rings. The van der Waals surface area contributed by atoms with Gasteiger partial charge in [0.1, 0.15) is 6.61 Å². The number of non-ortho nitro benzene ring substituents is 1. The van der Waals surface area contributed by atoms with Gasteiger partial charge in [0, 0.05) is 60.0 Å². The molecule has 0 aromatic heterocycles. The average molecular weight is 699 g/mol. The lowest BCUT2D eigenvalue weighted by Gasteiger charge is -2.49. The summed E-state index contributed by atoms with van der Waals surface area (Å²) in [5.41, 5.74) is 4.74. The third-order valence-electron chi connectivity index (χ3n) is 8.56. The number of hydrogen-bond acceptors (Lipinski definition) is 7. The molecule has 0 radical (unpaired) electrons. The second-order valence-corrected chi connectivity index (χ2v) is 14.6. The van der Waals surface area contributed by atoms with Gasteiger partial charge in [-0.15, -0.1) is 0 Å². The van der Waals surface area contributed by atoms with Crippen molar-refractivity contribution in [3.63, 3.8) is 0 Å². The van der Waals surface area contributed by atoms with Crippen LogP contribution in [0.25, 0.3) is 0 Å². The van der Waals surface area contributed by atoms with E-state index in [0.717, 1.165) is 57.5 Å². The Labute approximate surface area is 266 Å². The van der Waals surface area contributed by atoms with Gasteiger partial charge >= 0.3 is 0 Å². The van der Waals surface area contributed by atoms with E-state index >= 15 is 0 Å². The van der Waals surface area contributed by atoms with E-state index in [9.17, 15) is 19.7 Å². The van der Waals surface area contributed by atoms with Crippen molar-refractivity contribution in [2.75, 3.05) is 13.7 Å². The predicted molar refractivity (Wildman–Crippen MR) is 173 cm³/mol. The smallest absolute Gasteiger partial charge is 0.269 e. The van der Waals surface area contributed by atoms with Gasteiger partial charge in [-0.2, -0.15) is 0 Å². The van der Waals surface area contributed by atoms with Gasteiger partial charge in [0.25, 0.3) is 5.69 Å². The zero-order chi connectivity index (χ0) is 31.3. The SMILES string of the molecule is CCCN1C2=C(C(=O)CC(C)(C)C2)C(c2cc(I)c(OCc3cccc([N+](=O)[O-])c3)c(OC)c2)C2=C1CC(C)(C)CC2=O. The number of methoxy groups -OCH3 is 1. The summed E-state index contributed by atoms with van der Waals surface area (Å²) in [6.07, 6.45) is 3.32. The number of ether oxygens (including phenoxy) is 2. The van der Waals surface area contributed by atoms with Gasteiger partial charge in [-0.1, -0.05) is 46.8 Å². The second kappa shape index (κ2) is 11.7. The molecule has 8 nitrogen and oxygen atoms in total. The van der Waals surface area contributed by atoms with Crippen LogP contribution in [-0.2, 0) is 16.2 Å². The molecule has 1 aliphatic heterocycles. The molecule has 0 bridgehead atoms. The number of hydrogen-bond donors (Lipinski definition) is 0. The van der Waals surface area contributed by atoms with E-state index in [1.807, 2.05) is 12.1 Å². The molecule has 3 aliphatic rings. The van der Waals surface area contributed by atoms with E-state index in [1.165, 1.54) is 12.1 Å². The van der Waals surface area contributed by atoms with E-state index in [2.05, 4.69) is 62.1 Å². The number of Topliss-reactive ketones (excluding diaryl/α,β-unsaturated/α-hetero) is 2. The molecule has 0 fully saturated rings. The van der Waals surface area contributed by atoms with Crippen LogP contribution in [0.2, 0.25) is 0 Å². The summed E-state index contributed by atoms with van der Waals surface area (Å²) in [4.78, 5) is 41.1. The molecule has 0 spiro atoms.